The van der Waals surface area contributed by atoms with E-state index in [2.05, 4.69) is 17.4 Å². The molecule has 1 heterocycles. The van der Waals surface area contributed by atoms with Gasteiger partial charge in [0.2, 0.25) is 0 Å². The molecular weight excluding hydrogens is 352 g/mol. The van der Waals surface area contributed by atoms with E-state index in [1.165, 1.54) is 18.4 Å². The molecule has 1 fully saturated rings. The molecule has 2 aromatic rings. The average molecular weight is 383 g/mol. The SMILES string of the molecule is COc1ccc(CCN(C)C(=O)c2ccc([C@H]3CCCNC3)cc2)cc1OC. The number of nitrogens with one attached hydrogen (secondary N) is 1. The Morgan fingerprint density at radius 3 is 2.50 bits per heavy atom. The Labute approximate surface area is 167 Å². The zero-order valence-electron chi connectivity index (χ0n) is 17.0. The molecule has 1 N–H and O–H groups in total. The third-order valence-electron chi connectivity index (χ3n) is 5.46. The van der Waals surface area contributed by atoms with Crippen molar-refractivity contribution in [3.63, 3.8) is 0 Å². The van der Waals surface area contributed by atoms with Gasteiger partial charge in [-0.25, -0.2) is 0 Å². The van der Waals surface area contributed by atoms with Crippen LogP contribution in [0.1, 0.15) is 40.2 Å². The number of benzene rings is 2. The Hall–Kier alpha value is -2.53. The Balaban J connectivity index is 1.58. The minimum Gasteiger partial charge on any atom is -0.493 e. The van der Waals surface area contributed by atoms with Crippen LogP contribution in [0.3, 0.4) is 0 Å². The predicted molar refractivity (Wildman–Crippen MR) is 111 cm³/mol. The molecule has 0 radical (unpaired) electrons. The molecule has 2 aromatic carbocycles. The molecule has 1 amide bonds. The second kappa shape index (κ2) is 9.60. The number of piperidine rings is 1. The smallest absolute Gasteiger partial charge is 0.253 e. The van der Waals surface area contributed by atoms with Crippen LogP contribution in [0.2, 0.25) is 0 Å². The topological polar surface area (TPSA) is 50.8 Å². The van der Waals surface area contributed by atoms with Crippen molar-refractivity contribution in [2.45, 2.75) is 25.2 Å². The van der Waals surface area contributed by atoms with E-state index >= 15 is 0 Å². The van der Waals surface area contributed by atoms with Crippen molar-refractivity contribution in [3.05, 3.63) is 59.2 Å². The summed E-state index contributed by atoms with van der Waals surface area (Å²) in [6, 6.07) is 14.0. The van der Waals surface area contributed by atoms with Crippen molar-refractivity contribution in [3.8, 4) is 11.5 Å². The van der Waals surface area contributed by atoms with Gasteiger partial charge in [-0.1, -0.05) is 18.2 Å². The summed E-state index contributed by atoms with van der Waals surface area (Å²) in [5.41, 5.74) is 3.16. The van der Waals surface area contributed by atoms with E-state index in [0.717, 1.165) is 30.6 Å². The summed E-state index contributed by atoms with van der Waals surface area (Å²) in [6.45, 7) is 2.78. The van der Waals surface area contributed by atoms with Crippen molar-refractivity contribution in [2.75, 3.05) is 40.9 Å². The van der Waals surface area contributed by atoms with Crippen LogP contribution in [0, 0.1) is 0 Å². The molecule has 0 aromatic heterocycles. The Bertz CT molecular complexity index is 783. The maximum absolute atomic E-state index is 12.7. The number of nitrogens with zero attached hydrogens (tertiary/aromatic N) is 1. The van der Waals surface area contributed by atoms with Crippen LogP contribution in [0.5, 0.6) is 11.5 Å². The van der Waals surface area contributed by atoms with Gasteiger partial charge in [0.15, 0.2) is 11.5 Å². The molecule has 5 nitrogen and oxygen atoms in total. The number of likely N-dealkylation sites (N-methyl/N-ethyl adjacent to an activating group) is 1. The minimum atomic E-state index is 0.0498. The second-order valence-electron chi connectivity index (χ2n) is 7.33. The van der Waals surface area contributed by atoms with E-state index in [4.69, 9.17) is 9.47 Å². The maximum Gasteiger partial charge on any atom is 0.253 e. The molecule has 0 unspecified atom stereocenters. The molecule has 1 aliphatic heterocycles. The van der Waals surface area contributed by atoms with E-state index in [9.17, 15) is 4.79 Å². The van der Waals surface area contributed by atoms with Gasteiger partial charge in [0.25, 0.3) is 5.91 Å². The number of carbonyl (C=O) groups excluding carboxylic acids is 1. The molecule has 1 atom stereocenters. The zero-order valence-corrected chi connectivity index (χ0v) is 17.0. The third-order valence-corrected chi connectivity index (χ3v) is 5.46. The number of amides is 1. The van der Waals surface area contributed by atoms with E-state index < -0.39 is 0 Å². The fourth-order valence-electron chi connectivity index (χ4n) is 3.69. The van der Waals surface area contributed by atoms with Gasteiger partial charge in [-0.3, -0.25) is 4.79 Å². The van der Waals surface area contributed by atoms with Crippen LogP contribution in [0.25, 0.3) is 0 Å². The largest absolute Gasteiger partial charge is 0.493 e. The van der Waals surface area contributed by atoms with Crippen molar-refractivity contribution >= 4 is 5.91 Å². The highest BCUT2D eigenvalue weighted by Crippen LogP contribution is 2.28. The Morgan fingerprint density at radius 1 is 1.11 bits per heavy atom. The Kier molecular flexibility index (Phi) is 6.93. The van der Waals surface area contributed by atoms with Gasteiger partial charge in [-0.2, -0.15) is 0 Å². The highest BCUT2D eigenvalue weighted by Gasteiger charge is 2.17. The average Bonchev–Trinajstić information content (AvgIpc) is 2.77. The maximum atomic E-state index is 12.7. The van der Waals surface area contributed by atoms with E-state index in [1.54, 1.807) is 19.1 Å². The molecule has 0 bridgehead atoms. The number of carbonyl (C=O) groups is 1. The predicted octanol–water partition coefficient (Wildman–Crippen LogP) is 3.49. The number of methoxy groups -OCH3 is 2. The summed E-state index contributed by atoms with van der Waals surface area (Å²) in [5, 5.41) is 3.44. The number of ether oxygens (including phenoxy) is 2. The first-order valence-corrected chi connectivity index (χ1v) is 9.89. The second-order valence-corrected chi connectivity index (χ2v) is 7.33. The zero-order chi connectivity index (χ0) is 19.9. The summed E-state index contributed by atoms with van der Waals surface area (Å²) >= 11 is 0. The summed E-state index contributed by atoms with van der Waals surface area (Å²) in [6.07, 6.45) is 3.18. The highest BCUT2D eigenvalue weighted by atomic mass is 16.5. The van der Waals surface area contributed by atoms with Gasteiger partial charge in [0.05, 0.1) is 14.2 Å². The summed E-state index contributed by atoms with van der Waals surface area (Å²) < 4.78 is 10.6. The van der Waals surface area contributed by atoms with Crippen LogP contribution >= 0.6 is 0 Å². The van der Waals surface area contributed by atoms with Gasteiger partial charge in [0.1, 0.15) is 0 Å². The van der Waals surface area contributed by atoms with Crippen LogP contribution in [-0.2, 0) is 6.42 Å². The van der Waals surface area contributed by atoms with Crippen molar-refractivity contribution in [1.82, 2.24) is 10.2 Å². The van der Waals surface area contributed by atoms with E-state index in [0.29, 0.717) is 24.0 Å². The van der Waals surface area contributed by atoms with Gasteiger partial charge >= 0.3 is 0 Å². The molecule has 3 rings (SSSR count). The molecule has 150 valence electrons. The lowest BCUT2D eigenvalue weighted by Gasteiger charge is -2.23. The normalized spacial score (nSPS) is 16.5. The van der Waals surface area contributed by atoms with Crippen molar-refractivity contribution in [2.24, 2.45) is 0 Å². The van der Waals surface area contributed by atoms with Gasteiger partial charge in [0, 0.05) is 25.7 Å². The van der Waals surface area contributed by atoms with E-state index in [-0.39, 0.29) is 5.91 Å². The highest BCUT2D eigenvalue weighted by molar-refractivity contribution is 5.94. The molecule has 1 saturated heterocycles. The molecule has 0 spiro atoms. The quantitative estimate of drug-likeness (QED) is 0.796. The van der Waals surface area contributed by atoms with Crippen LogP contribution in [0.4, 0.5) is 0 Å². The number of rotatable bonds is 7. The van der Waals surface area contributed by atoms with Crippen LogP contribution in [-0.4, -0.2) is 51.7 Å². The first-order valence-electron chi connectivity index (χ1n) is 9.89. The lowest BCUT2D eigenvalue weighted by atomic mass is 9.91. The van der Waals surface area contributed by atoms with Gasteiger partial charge < -0.3 is 19.7 Å². The summed E-state index contributed by atoms with van der Waals surface area (Å²) in [7, 11) is 5.10. The number of hydrogen-bond donors (Lipinski definition) is 1. The summed E-state index contributed by atoms with van der Waals surface area (Å²) in [5.74, 6) is 2.03. The van der Waals surface area contributed by atoms with Crippen LogP contribution < -0.4 is 14.8 Å². The fourth-order valence-corrected chi connectivity index (χ4v) is 3.69. The van der Waals surface area contributed by atoms with Crippen molar-refractivity contribution < 1.29 is 14.3 Å². The van der Waals surface area contributed by atoms with E-state index in [1.807, 2.05) is 37.4 Å². The molecule has 28 heavy (non-hydrogen) atoms. The lowest BCUT2D eigenvalue weighted by molar-refractivity contribution is 0.0796. The minimum absolute atomic E-state index is 0.0498. The molecule has 0 aliphatic carbocycles. The Morgan fingerprint density at radius 2 is 1.86 bits per heavy atom. The van der Waals surface area contributed by atoms with Gasteiger partial charge in [-0.05, 0) is 67.1 Å². The number of hydrogen-bond acceptors (Lipinski definition) is 4. The van der Waals surface area contributed by atoms with Gasteiger partial charge in [-0.15, -0.1) is 0 Å². The molecule has 0 saturated carbocycles. The third kappa shape index (κ3) is 4.84. The summed E-state index contributed by atoms with van der Waals surface area (Å²) in [4.78, 5) is 14.5. The molecule has 5 heteroatoms. The molecule has 1 aliphatic rings. The lowest BCUT2D eigenvalue weighted by Crippen LogP contribution is -2.29. The fraction of sp³-hybridized carbons (Fsp3) is 0.435. The van der Waals surface area contributed by atoms with Crippen LogP contribution in [0.15, 0.2) is 42.5 Å². The van der Waals surface area contributed by atoms with Crippen molar-refractivity contribution in [1.29, 1.82) is 0 Å². The standard InChI is InChI=1S/C23H30N2O3/c1-25(14-12-17-6-11-21(27-2)22(15-17)28-3)23(26)19-9-7-18(8-10-19)20-5-4-13-24-16-20/h6-11,15,20,24H,4-5,12-14,16H2,1-3H3/t20-/m0/s1. The monoisotopic (exact) mass is 382 g/mol. The molecular formula is C23H30N2O3. The first kappa shape index (κ1) is 20.2. The first-order chi connectivity index (χ1) is 13.6.